The Morgan fingerprint density at radius 2 is 1.43 bits per heavy atom. The largest absolute Gasteiger partial charge is 0.357 e. The molecule has 0 bridgehead atoms. The van der Waals surface area contributed by atoms with Crippen LogP contribution < -0.4 is 10.6 Å². The fraction of sp³-hybridized carbons (Fsp3) is 0.395. The summed E-state index contributed by atoms with van der Waals surface area (Å²) in [7, 11) is 4.55. The molecule has 6 nitrogen and oxygen atoms in total. The van der Waals surface area contributed by atoms with E-state index in [4.69, 9.17) is 0 Å². The SMILES string of the molecule is CCCCC1(N(C)C)CCC(c2[nH]c3ccccc3c2C)(c2[nH]c3ccccc3c2CCNC(=O)Nc2ccccc2)CC1. The van der Waals surface area contributed by atoms with Crippen molar-refractivity contribution in [1.82, 2.24) is 20.2 Å². The molecule has 0 saturated heterocycles. The predicted molar refractivity (Wildman–Crippen MR) is 184 cm³/mol. The van der Waals surface area contributed by atoms with E-state index in [0.29, 0.717) is 6.54 Å². The molecule has 0 aliphatic heterocycles. The zero-order chi connectivity index (χ0) is 30.7. The standard InChI is InChI=1S/C38H47N5O/c1-5-6-21-37(43(3)4)22-24-38(25-23-37,34-27(2)29-16-10-12-18-32(29)41-34)35-31(30-17-11-13-19-33(30)42-35)20-26-39-36(44)40-28-14-8-7-9-15-28/h7-19,41-42H,5-6,20-26H2,1-4H3,(H2,39,40,44). The van der Waals surface area contributed by atoms with Gasteiger partial charge in [0.25, 0.3) is 0 Å². The molecule has 0 radical (unpaired) electrons. The zero-order valence-electron chi connectivity index (χ0n) is 26.7. The lowest BCUT2D eigenvalue weighted by atomic mass is 9.61. The Balaban J connectivity index is 1.40. The van der Waals surface area contributed by atoms with E-state index in [1.807, 2.05) is 30.3 Å². The molecule has 1 aliphatic rings. The van der Waals surface area contributed by atoms with Crippen LogP contribution in [0.4, 0.5) is 10.5 Å². The maximum atomic E-state index is 12.8. The first-order valence-electron chi connectivity index (χ1n) is 16.3. The number of H-pyrrole nitrogens is 2. The van der Waals surface area contributed by atoms with Gasteiger partial charge in [-0.05, 0) is 94.9 Å². The number of nitrogens with zero attached hydrogens (tertiary/aromatic N) is 1. The van der Waals surface area contributed by atoms with Crippen LogP contribution >= 0.6 is 0 Å². The van der Waals surface area contributed by atoms with Crippen molar-refractivity contribution in [1.29, 1.82) is 0 Å². The molecule has 2 aromatic heterocycles. The number of fused-ring (bicyclic) bond motifs is 2. The molecule has 2 amide bonds. The number of amides is 2. The summed E-state index contributed by atoms with van der Waals surface area (Å²) in [6.45, 7) is 5.14. The van der Waals surface area contributed by atoms with Gasteiger partial charge in [0.15, 0.2) is 0 Å². The molecule has 1 saturated carbocycles. The van der Waals surface area contributed by atoms with Crippen molar-refractivity contribution in [3.05, 3.63) is 101 Å². The van der Waals surface area contributed by atoms with Crippen LogP contribution in [0, 0.1) is 6.92 Å². The number of rotatable bonds is 10. The van der Waals surface area contributed by atoms with Gasteiger partial charge < -0.3 is 25.5 Å². The lowest BCUT2D eigenvalue weighted by Gasteiger charge is -2.50. The maximum absolute atomic E-state index is 12.8. The van der Waals surface area contributed by atoms with E-state index in [-0.39, 0.29) is 17.0 Å². The number of unbranched alkanes of at least 4 members (excludes halogenated alkanes) is 1. The minimum Gasteiger partial charge on any atom is -0.357 e. The molecule has 0 spiro atoms. The second-order valence-electron chi connectivity index (χ2n) is 13.0. The van der Waals surface area contributed by atoms with Gasteiger partial charge in [0, 0.05) is 51.0 Å². The predicted octanol–water partition coefficient (Wildman–Crippen LogP) is 8.67. The summed E-state index contributed by atoms with van der Waals surface area (Å²) in [4.78, 5) is 23.2. The third-order valence-corrected chi connectivity index (χ3v) is 10.4. The Labute approximate surface area is 261 Å². The molecule has 1 aliphatic carbocycles. The van der Waals surface area contributed by atoms with Crippen molar-refractivity contribution in [2.24, 2.45) is 0 Å². The highest BCUT2D eigenvalue weighted by Gasteiger charge is 2.48. The average Bonchev–Trinajstić information content (AvgIpc) is 3.59. The van der Waals surface area contributed by atoms with Crippen LogP contribution in [0.5, 0.6) is 0 Å². The average molecular weight is 590 g/mol. The Bertz CT molecular complexity index is 1720. The quantitative estimate of drug-likeness (QED) is 0.132. The molecular weight excluding hydrogens is 542 g/mol. The number of hydrogen-bond donors (Lipinski definition) is 4. The van der Waals surface area contributed by atoms with E-state index in [2.05, 4.69) is 102 Å². The zero-order valence-corrected chi connectivity index (χ0v) is 26.7. The minimum atomic E-state index is -0.185. The highest BCUT2D eigenvalue weighted by atomic mass is 16.2. The number of aryl methyl sites for hydroxylation is 1. The first kappa shape index (κ1) is 30.0. The van der Waals surface area contributed by atoms with E-state index >= 15 is 0 Å². The van der Waals surface area contributed by atoms with Gasteiger partial charge in [-0.2, -0.15) is 0 Å². The normalized spacial score (nSPS) is 20.4. The van der Waals surface area contributed by atoms with E-state index in [1.54, 1.807) is 0 Å². The number of hydrogen-bond acceptors (Lipinski definition) is 2. The van der Waals surface area contributed by atoms with Crippen LogP contribution in [0.1, 0.15) is 74.4 Å². The van der Waals surface area contributed by atoms with Gasteiger partial charge in [-0.1, -0.05) is 74.4 Å². The molecule has 1 fully saturated rings. The number of benzene rings is 3. The van der Waals surface area contributed by atoms with Crippen molar-refractivity contribution in [2.75, 3.05) is 26.0 Å². The Morgan fingerprint density at radius 1 is 0.818 bits per heavy atom. The van der Waals surface area contributed by atoms with Crippen molar-refractivity contribution >= 4 is 33.5 Å². The lowest BCUT2D eigenvalue weighted by molar-refractivity contribution is 0.0643. The fourth-order valence-corrected chi connectivity index (χ4v) is 7.82. The topological polar surface area (TPSA) is 76.0 Å². The van der Waals surface area contributed by atoms with E-state index in [1.165, 1.54) is 58.1 Å². The number of carbonyl (C=O) groups is 1. The third kappa shape index (κ3) is 5.52. The Morgan fingerprint density at radius 3 is 2.09 bits per heavy atom. The number of aromatic nitrogens is 2. The van der Waals surface area contributed by atoms with Gasteiger partial charge in [-0.15, -0.1) is 0 Å². The minimum absolute atomic E-state index is 0.178. The lowest BCUT2D eigenvalue weighted by Crippen LogP contribution is -2.51. The molecule has 4 N–H and O–H groups in total. The number of carbonyl (C=O) groups excluding carboxylic acids is 1. The summed E-state index contributed by atoms with van der Waals surface area (Å²) in [5.41, 5.74) is 8.48. The van der Waals surface area contributed by atoms with Crippen LogP contribution in [0.3, 0.4) is 0 Å². The first-order chi connectivity index (χ1) is 21.4. The Kier molecular flexibility index (Phi) is 8.55. The fourth-order valence-electron chi connectivity index (χ4n) is 7.82. The highest BCUT2D eigenvalue weighted by Crippen LogP contribution is 2.52. The van der Waals surface area contributed by atoms with Gasteiger partial charge in [0.05, 0.1) is 5.41 Å². The highest BCUT2D eigenvalue weighted by molar-refractivity contribution is 5.90. The summed E-state index contributed by atoms with van der Waals surface area (Å²) in [6.07, 6.45) is 8.86. The molecular formula is C38H47N5O. The van der Waals surface area contributed by atoms with Gasteiger partial charge in [-0.25, -0.2) is 4.79 Å². The number of aromatic amines is 2. The van der Waals surface area contributed by atoms with Crippen LogP contribution in [0.2, 0.25) is 0 Å². The van der Waals surface area contributed by atoms with Crippen LogP contribution in [-0.2, 0) is 11.8 Å². The second-order valence-corrected chi connectivity index (χ2v) is 13.0. The third-order valence-electron chi connectivity index (χ3n) is 10.4. The second kappa shape index (κ2) is 12.5. The van der Waals surface area contributed by atoms with Crippen molar-refractivity contribution in [2.45, 2.75) is 76.2 Å². The van der Waals surface area contributed by atoms with E-state index in [9.17, 15) is 4.79 Å². The van der Waals surface area contributed by atoms with Gasteiger partial charge in [-0.3, -0.25) is 0 Å². The molecule has 6 rings (SSSR count). The molecule has 44 heavy (non-hydrogen) atoms. The van der Waals surface area contributed by atoms with Crippen LogP contribution in [-0.4, -0.2) is 47.1 Å². The summed E-state index contributed by atoms with van der Waals surface area (Å²) in [5, 5.41) is 8.63. The monoisotopic (exact) mass is 589 g/mol. The summed E-state index contributed by atoms with van der Waals surface area (Å²) in [6, 6.07) is 26.8. The van der Waals surface area contributed by atoms with Gasteiger partial charge in [0.1, 0.15) is 0 Å². The number of nitrogens with one attached hydrogen (secondary N) is 4. The van der Waals surface area contributed by atoms with Gasteiger partial charge >= 0.3 is 6.03 Å². The van der Waals surface area contributed by atoms with E-state index in [0.717, 1.165) is 43.3 Å². The van der Waals surface area contributed by atoms with Gasteiger partial charge in [0.2, 0.25) is 0 Å². The van der Waals surface area contributed by atoms with Crippen LogP contribution in [0.15, 0.2) is 78.9 Å². The molecule has 6 heteroatoms. The van der Waals surface area contributed by atoms with Crippen molar-refractivity contribution in [3.63, 3.8) is 0 Å². The number of urea groups is 1. The van der Waals surface area contributed by atoms with Crippen molar-refractivity contribution < 1.29 is 4.79 Å². The molecule has 230 valence electrons. The van der Waals surface area contributed by atoms with E-state index < -0.39 is 0 Å². The summed E-state index contributed by atoms with van der Waals surface area (Å²) in [5.74, 6) is 0. The number of anilines is 1. The van der Waals surface area contributed by atoms with Crippen LogP contribution in [0.25, 0.3) is 21.8 Å². The molecule has 0 unspecified atom stereocenters. The molecule has 5 aromatic rings. The smallest absolute Gasteiger partial charge is 0.319 e. The Hall–Kier alpha value is -4.03. The summed E-state index contributed by atoms with van der Waals surface area (Å²) >= 11 is 0. The molecule has 2 heterocycles. The number of para-hydroxylation sites is 3. The molecule has 0 atom stereocenters. The first-order valence-corrected chi connectivity index (χ1v) is 16.3. The molecule has 3 aromatic carbocycles. The summed E-state index contributed by atoms with van der Waals surface area (Å²) < 4.78 is 0. The van der Waals surface area contributed by atoms with Crippen molar-refractivity contribution in [3.8, 4) is 0 Å². The maximum Gasteiger partial charge on any atom is 0.319 e.